The van der Waals surface area contributed by atoms with E-state index in [0.29, 0.717) is 22.8 Å². The summed E-state index contributed by atoms with van der Waals surface area (Å²) in [6.07, 6.45) is 0.347. The van der Waals surface area contributed by atoms with Crippen molar-refractivity contribution in [3.8, 4) is 5.75 Å². The Bertz CT molecular complexity index is 1110. The number of para-hydroxylation sites is 1. The molecule has 1 saturated heterocycles. The Balaban J connectivity index is 1.44. The van der Waals surface area contributed by atoms with Crippen LogP contribution in [0, 0.1) is 5.82 Å². The number of hydrogen-bond acceptors (Lipinski definition) is 4. The summed E-state index contributed by atoms with van der Waals surface area (Å²) in [5.74, 6) is 0.0153. The number of halogens is 2. The van der Waals surface area contributed by atoms with Crippen molar-refractivity contribution in [3.63, 3.8) is 0 Å². The van der Waals surface area contributed by atoms with Gasteiger partial charge in [0, 0.05) is 10.6 Å². The van der Waals surface area contributed by atoms with E-state index in [9.17, 15) is 14.0 Å². The highest BCUT2D eigenvalue weighted by Gasteiger charge is 2.39. The number of imide groups is 1. The van der Waals surface area contributed by atoms with Gasteiger partial charge < -0.3 is 4.74 Å². The van der Waals surface area contributed by atoms with Crippen LogP contribution in [0.3, 0.4) is 0 Å². The number of ether oxygens (including phenoxy) is 1. The second kappa shape index (κ2) is 9.54. The Morgan fingerprint density at radius 1 is 0.935 bits per heavy atom. The van der Waals surface area contributed by atoms with Gasteiger partial charge in [-0.2, -0.15) is 0 Å². The first kappa shape index (κ1) is 21.4. The molecule has 0 N–H and O–H groups in total. The number of hydrogen-bond donors (Lipinski definition) is 0. The monoisotopic (exact) mass is 455 g/mol. The van der Waals surface area contributed by atoms with Gasteiger partial charge in [-0.3, -0.25) is 14.5 Å². The molecule has 158 valence electrons. The zero-order valence-electron chi connectivity index (χ0n) is 16.5. The molecule has 4 rings (SSSR count). The summed E-state index contributed by atoms with van der Waals surface area (Å²) in [4.78, 5) is 26.6. The fourth-order valence-corrected chi connectivity index (χ4v) is 4.47. The number of carbonyl (C=O) groups excluding carboxylic acids is 2. The average molecular weight is 456 g/mol. The van der Waals surface area contributed by atoms with E-state index in [1.54, 1.807) is 48.5 Å². The fraction of sp³-hybridized carbons (Fsp3) is 0.167. The van der Waals surface area contributed by atoms with Crippen LogP contribution in [-0.2, 0) is 24.4 Å². The van der Waals surface area contributed by atoms with Crippen molar-refractivity contribution in [1.82, 2.24) is 4.90 Å². The summed E-state index contributed by atoms with van der Waals surface area (Å²) >= 11 is 6.92. The third kappa shape index (κ3) is 5.09. The number of carbonyl (C=O) groups is 2. The maximum Gasteiger partial charge on any atom is 0.289 e. The number of nitrogens with zero attached hydrogens (tertiary/aromatic N) is 1. The van der Waals surface area contributed by atoms with Gasteiger partial charge in [0.15, 0.2) is 0 Å². The van der Waals surface area contributed by atoms with Gasteiger partial charge in [0.05, 0.1) is 11.8 Å². The molecule has 1 aliphatic heterocycles. The molecule has 0 aromatic heterocycles. The third-order valence-corrected chi connectivity index (χ3v) is 6.30. The summed E-state index contributed by atoms with van der Waals surface area (Å²) in [7, 11) is 0. The van der Waals surface area contributed by atoms with Crippen LogP contribution in [0.15, 0.2) is 72.8 Å². The van der Waals surface area contributed by atoms with Gasteiger partial charge in [-0.15, -0.1) is 0 Å². The van der Waals surface area contributed by atoms with Gasteiger partial charge in [-0.25, -0.2) is 4.39 Å². The number of benzene rings is 3. The molecule has 1 atom stereocenters. The van der Waals surface area contributed by atoms with Crippen LogP contribution < -0.4 is 4.74 Å². The standard InChI is InChI=1S/C24H19ClFNO3S/c25-19-11-9-16(10-12-19)14-27-23(28)22(31-24(27)29)13-17-5-2-4-8-21(17)30-15-18-6-1-3-7-20(18)26/h1-12,22H,13-15H2/t22-/m0/s1. The minimum atomic E-state index is -0.530. The van der Waals surface area contributed by atoms with Gasteiger partial charge in [-0.05, 0) is 41.8 Å². The average Bonchev–Trinajstić information content (AvgIpc) is 3.03. The van der Waals surface area contributed by atoms with Gasteiger partial charge in [0.25, 0.3) is 5.24 Å². The second-order valence-corrected chi connectivity index (χ2v) is 8.71. The van der Waals surface area contributed by atoms with Gasteiger partial charge in [-0.1, -0.05) is 71.9 Å². The predicted octanol–water partition coefficient (Wildman–Crippen LogP) is 5.86. The molecular formula is C24H19ClFNO3S. The van der Waals surface area contributed by atoms with Crippen molar-refractivity contribution in [1.29, 1.82) is 0 Å². The smallest absolute Gasteiger partial charge is 0.289 e. The molecule has 0 bridgehead atoms. The molecule has 7 heteroatoms. The second-order valence-electron chi connectivity index (χ2n) is 7.12. The lowest BCUT2D eigenvalue weighted by molar-refractivity contribution is -0.127. The Kier molecular flexibility index (Phi) is 6.59. The van der Waals surface area contributed by atoms with Crippen LogP contribution >= 0.6 is 23.4 Å². The molecule has 0 saturated carbocycles. The molecule has 0 radical (unpaired) electrons. The predicted molar refractivity (Wildman–Crippen MR) is 120 cm³/mol. The lowest BCUT2D eigenvalue weighted by Crippen LogP contribution is -2.31. The summed E-state index contributed by atoms with van der Waals surface area (Å²) in [5, 5.41) is -0.199. The quantitative estimate of drug-likeness (QED) is 0.447. The zero-order chi connectivity index (χ0) is 21.8. The van der Waals surface area contributed by atoms with Crippen molar-refractivity contribution >= 4 is 34.5 Å². The van der Waals surface area contributed by atoms with Crippen LogP contribution in [0.1, 0.15) is 16.7 Å². The molecule has 2 amide bonds. The van der Waals surface area contributed by atoms with Crippen molar-refractivity contribution in [2.45, 2.75) is 24.8 Å². The van der Waals surface area contributed by atoms with Crippen molar-refractivity contribution in [3.05, 3.63) is 100 Å². The minimum Gasteiger partial charge on any atom is -0.489 e. The summed E-state index contributed by atoms with van der Waals surface area (Å²) < 4.78 is 19.7. The molecule has 31 heavy (non-hydrogen) atoms. The van der Waals surface area contributed by atoms with Crippen molar-refractivity contribution in [2.75, 3.05) is 0 Å². The first-order valence-electron chi connectivity index (χ1n) is 9.72. The Morgan fingerprint density at radius 2 is 1.61 bits per heavy atom. The molecule has 1 fully saturated rings. The number of thioether (sulfide) groups is 1. The summed E-state index contributed by atoms with van der Waals surface area (Å²) in [6, 6.07) is 20.8. The van der Waals surface area contributed by atoms with Crippen LogP contribution in [0.25, 0.3) is 0 Å². The maximum atomic E-state index is 13.9. The minimum absolute atomic E-state index is 0.0804. The third-order valence-electron chi connectivity index (χ3n) is 4.98. The molecule has 1 aliphatic rings. The highest BCUT2D eigenvalue weighted by molar-refractivity contribution is 8.15. The van der Waals surface area contributed by atoms with E-state index in [1.807, 2.05) is 18.2 Å². The number of rotatable bonds is 7. The van der Waals surface area contributed by atoms with Crippen LogP contribution in [0.2, 0.25) is 5.02 Å². The van der Waals surface area contributed by atoms with Crippen LogP contribution in [-0.4, -0.2) is 21.3 Å². The van der Waals surface area contributed by atoms with E-state index in [-0.39, 0.29) is 30.1 Å². The molecule has 3 aromatic carbocycles. The van der Waals surface area contributed by atoms with Gasteiger partial charge in [0.2, 0.25) is 5.91 Å². The van der Waals surface area contributed by atoms with E-state index < -0.39 is 5.25 Å². The number of amides is 2. The first-order chi connectivity index (χ1) is 15.0. The maximum absolute atomic E-state index is 13.9. The molecule has 0 spiro atoms. The van der Waals surface area contributed by atoms with E-state index in [0.717, 1.165) is 22.9 Å². The van der Waals surface area contributed by atoms with Gasteiger partial charge in [0.1, 0.15) is 18.2 Å². The summed E-state index contributed by atoms with van der Waals surface area (Å²) in [5.41, 5.74) is 2.08. The SMILES string of the molecule is O=C1S[C@@H](Cc2ccccc2OCc2ccccc2F)C(=O)N1Cc1ccc(Cl)cc1. The lowest BCUT2D eigenvalue weighted by atomic mass is 10.1. The van der Waals surface area contributed by atoms with Gasteiger partial charge >= 0.3 is 0 Å². The lowest BCUT2D eigenvalue weighted by Gasteiger charge is -2.15. The molecule has 0 aliphatic carbocycles. The fourth-order valence-electron chi connectivity index (χ4n) is 3.33. The summed E-state index contributed by atoms with van der Waals surface area (Å²) in [6.45, 7) is 0.292. The zero-order valence-corrected chi connectivity index (χ0v) is 18.0. The highest BCUT2D eigenvalue weighted by Crippen LogP contribution is 2.33. The Labute approximate surface area is 189 Å². The Hall–Kier alpha value is -2.83. The molecule has 0 unspecified atom stereocenters. The van der Waals surface area contributed by atoms with E-state index in [2.05, 4.69) is 0 Å². The molecule has 1 heterocycles. The molecule has 3 aromatic rings. The first-order valence-corrected chi connectivity index (χ1v) is 11.0. The molecule has 4 nitrogen and oxygen atoms in total. The topological polar surface area (TPSA) is 46.6 Å². The Morgan fingerprint density at radius 3 is 2.35 bits per heavy atom. The van der Waals surface area contributed by atoms with Crippen molar-refractivity contribution in [2.24, 2.45) is 0 Å². The van der Waals surface area contributed by atoms with Crippen LogP contribution in [0.4, 0.5) is 9.18 Å². The molecular weight excluding hydrogens is 437 g/mol. The van der Waals surface area contributed by atoms with E-state index in [1.165, 1.54) is 11.0 Å². The normalized spacial score (nSPS) is 16.1. The van der Waals surface area contributed by atoms with E-state index >= 15 is 0 Å². The largest absolute Gasteiger partial charge is 0.489 e. The van der Waals surface area contributed by atoms with Crippen molar-refractivity contribution < 1.29 is 18.7 Å². The van der Waals surface area contributed by atoms with Crippen LogP contribution in [0.5, 0.6) is 5.75 Å². The highest BCUT2D eigenvalue weighted by atomic mass is 35.5. The van der Waals surface area contributed by atoms with E-state index in [4.69, 9.17) is 16.3 Å².